The van der Waals surface area contributed by atoms with Crippen LogP contribution in [0.4, 0.5) is 5.69 Å². The van der Waals surface area contributed by atoms with Gasteiger partial charge >= 0.3 is 0 Å². The van der Waals surface area contributed by atoms with Crippen LogP contribution in [0, 0.1) is 4.91 Å². The first-order valence-electron chi connectivity index (χ1n) is 4.53. The Morgan fingerprint density at radius 1 is 1.00 bits per heavy atom. The minimum Gasteiger partial charge on any atom is -0.508 e. The molecule has 0 radical (unpaired) electrons. The number of aromatic hydroxyl groups is 1. The molecule has 0 unspecified atom stereocenters. The average molecular weight is 199 g/mol. The first-order valence-corrected chi connectivity index (χ1v) is 4.53. The summed E-state index contributed by atoms with van der Waals surface area (Å²) in [6.07, 6.45) is 0. The maximum atomic E-state index is 10.6. The number of hydrogen-bond acceptors (Lipinski definition) is 3. The van der Waals surface area contributed by atoms with E-state index in [0.29, 0.717) is 11.3 Å². The predicted molar refractivity (Wildman–Crippen MR) is 59.0 cm³/mol. The van der Waals surface area contributed by atoms with Crippen molar-refractivity contribution in [2.75, 3.05) is 0 Å². The number of hydrogen-bond donors (Lipinski definition) is 1. The van der Waals surface area contributed by atoms with Crippen LogP contribution in [0.15, 0.2) is 53.7 Å². The molecular weight excluding hydrogens is 190 g/mol. The van der Waals surface area contributed by atoms with Crippen molar-refractivity contribution in [2.45, 2.75) is 0 Å². The predicted octanol–water partition coefficient (Wildman–Crippen LogP) is 3.46. The fourth-order valence-corrected chi connectivity index (χ4v) is 1.45. The first-order chi connectivity index (χ1) is 7.31. The zero-order valence-corrected chi connectivity index (χ0v) is 7.92. The number of nitroso groups, excluding NO2 is 1. The molecule has 0 bridgehead atoms. The highest BCUT2D eigenvalue weighted by molar-refractivity contribution is 5.76. The van der Waals surface area contributed by atoms with Gasteiger partial charge in [-0.1, -0.05) is 30.3 Å². The summed E-state index contributed by atoms with van der Waals surface area (Å²) >= 11 is 0. The second-order valence-corrected chi connectivity index (χ2v) is 3.16. The van der Waals surface area contributed by atoms with Crippen LogP contribution in [0.1, 0.15) is 0 Å². The van der Waals surface area contributed by atoms with Crippen molar-refractivity contribution < 1.29 is 5.11 Å². The van der Waals surface area contributed by atoms with E-state index in [1.54, 1.807) is 0 Å². The van der Waals surface area contributed by atoms with E-state index in [1.165, 1.54) is 18.2 Å². The fraction of sp³-hybridized carbons (Fsp3) is 0. The van der Waals surface area contributed by atoms with Crippen molar-refractivity contribution in [1.82, 2.24) is 0 Å². The summed E-state index contributed by atoms with van der Waals surface area (Å²) in [6, 6.07) is 13.8. The average Bonchev–Trinajstić information content (AvgIpc) is 2.30. The van der Waals surface area contributed by atoms with Crippen molar-refractivity contribution in [1.29, 1.82) is 0 Å². The van der Waals surface area contributed by atoms with Crippen molar-refractivity contribution in [3.63, 3.8) is 0 Å². The molecule has 0 fully saturated rings. The van der Waals surface area contributed by atoms with Crippen molar-refractivity contribution in [2.24, 2.45) is 5.18 Å². The molecule has 0 aliphatic heterocycles. The molecule has 0 saturated heterocycles. The minimum atomic E-state index is 0.126. The van der Waals surface area contributed by atoms with Gasteiger partial charge in [-0.2, -0.15) is 0 Å². The number of phenolic OH excluding ortho intramolecular Hbond substituents is 1. The second kappa shape index (κ2) is 3.92. The molecule has 0 spiro atoms. The Balaban J connectivity index is 2.61. The fourth-order valence-electron chi connectivity index (χ4n) is 1.45. The molecule has 2 aromatic carbocycles. The quantitative estimate of drug-likeness (QED) is 0.753. The molecule has 0 atom stereocenters. The van der Waals surface area contributed by atoms with Gasteiger partial charge < -0.3 is 5.11 Å². The summed E-state index contributed by atoms with van der Waals surface area (Å²) in [6.45, 7) is 0. The van der Waals surface area contributed by atoms with Crippen molar-refractivity contribution >= 4 is 5.69 Å². The van der Waals surface area contributed by atoms with Gasteiger partial charge in [0.05, 0.1) is 0 Å². The highest BCUT2D eigenvalue weighted by Gasteiger charge is 2.05. The van der Waals surface area contributed by atoms with E-state index in [-0.39, 0.29) is 5.75 Å². The van der Waals surface area contributed by atoms with Gasteiger partial charge in [-0.05, 0) is 28.9 Å². The third-order valence-electron chi connectivity index (χ3n) is 2.16. The monoisotopic (exact) mass is 199 g/mol. The summed E-state index contributed by atoms with van der Waals surface area (Å²) in [4.78, 5) is 10.6. The van der Waals surface area contributed by atoms with Gasteiger partial charge in [0.2, 0.25) is 0 Å². The lowest BCUT2D eigenvalue weighted by atomic mass is 10.0. The number of benzene rings is 2. The van der Waals surface area contributed by atoms with Crippen LogP contribution >= 0.6 is 0 Å². The second-order valence-electron chi connectivity index (χ2n) is 3.16. The normalized spacial score (nSPS) is 9.87. The summed E-state index contributed by atoms with van der Waals surface area (Å²) in [5.41, 5.74) is 1.84. The van der Waals surface area contributed by atoms with Crippen LogP contribution in [-0.4, -0.2) is 5.11 Å². The molecule has 0 amide bonds. The molecule has 0 aliphatic carbocycles. The largest absolute Gasteiger partial charge is 0.508 e. The van der Waals surface area contributed by atoms with Gasteiger partial charge in [0, 0.05) is 5.56 Å². The van der Waals surface area contributed by atoms with E-state index in [9.17, 15) is 10.0 Å². The highest BCUT2D eigenvalue weighted by Crippen LogP contribution is 2.32. The summed E-state index contributed by atoms with van der Waals surface area (Å²) in [5, 5.41) is 12.3. The lowest BCUT2D eigenvalue weighted by Gasteiger charge is -2.03. The van der Waals surface area contributed by atoms with E-state index in [1.807, 2.05) is 30.3 Å². The van der Waals surface area contributed by atoms with Crippen LogP contribution in [0.25, 0.3) is 11.1 Å². The molecular formula is C12H9NO2. The van der Waals surface area contributed by atoms with Crippen LogP contribution < -0.4 is 0 Å². The molecule has 3 heteroatoms. The minimum absolute atomic E-state index is 0.126. The number of phenols is 1. The number of rotatable bonds is 2. The Morgan fingerprint density at radius 2 is 1.73 bits per heavy atom. The highest BCUT2D eigenvalue weighted by atomic mass is 16.3. The SMILES string of the molecule is O=Nc1ccc(O)cc1-c1ccccc1. The zero-order chi connectivity index (χ0) is 10.7. The smallest absolute Gasteiger partial charge is 0.116 e. The van der Waals surface area contributed by atoms with E-state index in [4.69, 9.17) is 0 Å². The summed E-state index contributed by atoms with van der Waals surface area (Å²) in [5.74, 6) is 0.126. The molecule has 0 heterocycles. The van der Waals surface area contributed by atoms with Crippen LogP contribution in [0.3, 0.4) is 0 Å². The van der Waals surface area contributed by atoms with Gasteiger partial charge in [0.15, 0.2) is 0 Å². The molecule has 0 saturated carbocycles. The zero-order valence-electron chi connectivity index (χ0n) is 7.92. The van der Waals surface area contributed by atoms with Gasteiger partial charge in [0.1, 0.15) is 11.4 Å². The first kappa shape index (κ1) is 9.40. The van der Waals surface area contributed by atoms with E-state index < -0.39 is 0 Å². The topological polar surface area (TPSA) is 49.7 Å². The third kappa shape index (κ3) is 1.86. The van der Waals surface area contributed by atoms with Gasteiger partial charge in [-0.15, -0.1) is 4.91 Å². The van der Waals surface area contributed by atoms with E-state index in [0.717, 1.165) is 5.56 Å². The maximum absolute atomic E-state index is 10.6. The van der Waals surface area contributed by atoms with E-state index in [2.05, 4.69) is 5.18 Å². The molecule has 1 N–H and O–H groups in total. The van der Waals surface area contributed by atoms with Crippen LogP contribution in [0.2, 0.25) is 0 Å². The molecule has 15 heavy (non-hydrogen) atoms. The molecule has 0 aromatic heterocycles. The molecule has 3 nitrogen and oxygen atoms in total. The Kier molecular flexibility index (Phi) is 2.46. The van der Waals surface area contributed by atoms with Gasteiger partial charge in [0.25, 0.3) is 0 Å². The van der Waals surface area contributed by atoms with E-state index >= 15 is 0 Å². The Morgan fingerprint density at radius 3 is 2.40 bits per heavy atom. The molecule has 74 valence electrons. The van der Waals surface area contributed by atoms with Crippen molar-refractivity contribution in [3.8, 4) is 16.9 Å². The Labute approximate surface area is 87.0 Å². The van der Waals surface area contributed by atoms with Crippen LogP contribution in [0.5, 0.6) is 5.75 Å². The molecule has 0 aliphatic rings. The third-order valence-corrected chi connectivity index (χ3v) is 2.16. The molecule has 2 aromatic rings. The van der Waals surface area contributed by atoms with Crippen LogP contribution in [-0.2, 0) is 0 Å². The maximum Gasteiger partial charge on any atom is 0.116 e. The van der Waals surface area contributed by atoms with Gasteiger partial charge in [-0.3, -0.25) is 0 Å². The van der Waals surface area contributed by atoms with Crippen molar-refractivity contribution in [3.05, 3.63) is 53.4 Å². The molecule has 2 rings (SSSR count). The summed E-state index contributed by atoms with van der Waals surface area (Å²) in [7, 11) is 0. The Hall–Kier alpha value is -2.16. The van der Waals surface area contributed by atoms with Gasteiger partial charge in [-0.25, -0.2) is 0 Å². The Bertz CT molecular complexity index is 480. The standard InChI is InChI=1S/C12H9NO2/c14-10-6-7-12(13-15)11(8-10)9-4-2-1-3-5-9/h1-8,14H. The number of nitrogens with zero attached hydrogens (tertiary/aromatic N) is 1. The summed E-state index contributed by atoms with van der Waals surface area (Å²) < 4.78 is 0. The lowest BCUT2D eigenvalue weighted by molar-refractivity contribution is 0.475. The lowest BCUT2D eigenvalue weighted by Crippen LogP contribution is -1.78.